The number of rotatable bonds is 49. The minimum Gasteiger partial charge on any atom is -0.462 e. The van der Waals surface area contributed by atoms with Crippen LogP contribution < -0.4 is 0 Å². The fourth-order valence-electron chi connectivity index (χ4n) is 7.58. The van der Waals surface area contributed by atoms with Gasteiger partial charge in [-0.1, -0.05) is 229 Å². The minimum absolute atomic E-state index is 0.0883. The Morgan fingerprint density at radius 1 is 0.323 bits per heavy atom. The second-order valence-corrected chi connectivity index (χ2v) is 18.1. The fraction of sp³-hybridized carbons (Fsp3) is 0.746. The number of carbonyl (C=O) groups is 3. The molecule has 65 heavy (non-hydrogen) atoms. The molecule has 374 valence electrons. The van der Waals surface area contributed by atoms with Crippen LogP contribution in [-0.4, -0.2) is 37.2 Å². The van der Waals surface area contributed by atoms with Crippen molar-refractivity contribution in [3.63, 3.8) is 0 Å². The lowest BCUT2D eigenvalue weighted by atomic mass is 10.0. The molecule has 0 aromatic rings. The number of allylic oxidation sites excluding steroid dienone is 12. The molecule has 0 saturated carbocycles. The average Bonchev–Trinajstić information content (AvgIpc) is 3.30. The topological polar surface area (TPSA) is 78.9 Å². The molecule has 0 fully saturated rings. The van der Waals surface area contributed by atoms with Gasteiger partial charge in [-0.2, -0.15) is 0 Å². The highest BCUT2D eigenvalue weighted by atomic mass is 16.6. The Morgan fingerprint density at radius 2 is 0.600 bits per heavy atom. The van der Waals surface area contributed by atoms with Crippen LogP contribution in [0, 0.1) is 0 Å². The van der Waals surface area contributed by atoms with Gasteiger partial charge in [-0.3, -0.25) is 14.4 Å². The summed E-state index contributed by atoms with van der Waals surface area (Å²) in [7, 11) is 0. The van der Waals surface area contributed by atoms with Crippen LogP contribution in [0.25, 0.3) is 0 Å². The molecule has 0 unspecified atom stereocenters. The lowest BCUT2D eigenvalue weighted by Gasteiger charge is -2.18. The van der Waals surface area contributed by atoms with Crippen LogP contribution in [0.15, 0.2) is 72.9 Å². The van der Waals surface area contributed by atoms with Gasteiger partial charge in [-0.25, -0.2) is 0 Å². The van der Waals surface area contributed by atoms with Gasteiger partial charge >= 0.3 is 17.9 Å². The first kappa shape index (κ1) is 61.9. The zero-order chi connectivity index (χ0) is 47.2. The molecule has 0 amide bonds. The monoisotopic (exact) mass is 907 g/mol. The van der Waals surface area contributed by atoms with E-state index in [-0.39, 0.29) is 31.1 Å². The van der Waals surface area contributed by atoms with E-state index in [4.69, 9.17) is 14.2 Å². The third-order valence-electron chi connectivity index (χ3n) is 11.7. The molecule has 0 bridgehead atoms. The Morgan fingerprint density at radius 3 is 1.00 bits per heavy atom. The Bertz CT molecular complexity index is 1230. The first-order valence-electron chi connectivity index (χ1n) is 27.4. The first-order chi connectivity index (χ1) is 32.0. The van der Waals surface area contributed by atoms with Crippen molar-refractivity contribution in [3.8, 4) is 0 Å². The summed E-state index contributed by atoms with van der Waals surface area (Å²) < 4.78 is 16.8. The van der Waals surface area contributed by atoms with Crippen LogP contribution >= 0.6 is 0 Å². The summed E-state index contributed by atoms with van der Waals surface area (Å²) in [5.74, 6) is -0.930. The van der Waals surface area contributed by atoms with Gasteiger partial charge in [0.1, 0.15) is 13.2 Å². The number of hydrogen-bond donors (Lipinski definition) is 0. The predicted molar refractivity (Wildman–Crippen MR) is 279 cm³/mol. The highest BCUT2D eigenvalue weighted by molar-refractivity contribution is 5.71. The van der Waals surface area contributed by atoms with Crippen molar-refractivity contribution in [1.82, 2.24) is 0 Å². The molecule has 0 aromatic carbocycles. The van der Waals surface area contributed by atoms with E-state index >= 15 is 0 Å². The van der Waals surface area contributed by atoms with Crippen LogP contribution in [-0.2, 0) is 28.6 Å². The van der Waals surface area contributed by atoms with Crippen molar-refractivity contribution in [2.45, 2.75) is 271 Å². The van der Waals surface area contributed by atoms with Crippen LogP contribution in [0.4, 0.5) is 0 Å². The van der Waals surface area contributed by atoms with E-state index in [0.29, 0.717) is 19.3 Å². The molecule has 0 N–H and O–H groups in total. The second kappa shape index (κ2) is 53.5. The number of unbranched alkanes of at least 4 members (excludes halogenated alkanes) is 26. The summed E-state index contributed by atoms with van der Waals surface area (Å²) in [6.07, 6.45) is 67.4. The second-order valence-electron chi connectivity index (χ2n) is 18.1. The maximum absolute atomic E-state index is 12.8. The van der Waals surface area contributed by atoms with E-state index in [1.54, 1.807) is 0 Å². The van der Waals surface area contributed by atoms with E-state index in [1.807, 2.05) is 0 Å². The zero-order valence-corrected chi connectivity index (χ0v) is 42.7. The van der Waals surface area contributed by atoms with Crippen LogP contribution in [0.1, 0.15) is 265 Å². The molecule has 0 radical (unpaired) electrons. The predicted octanol–water partition coefficient (Wildman–Crippen LogP) is 18.2. The molecule has 0 rings (SSSR count). The normalized spacial score (nSPS) is 12.6. The third kappa shape index (κ3) is 51.7. The van der Waals surface area contributed by atoms with Gasteiger partial charge < -0.3 is 14.2 Å². The third-order valence-corrected chi connectivity index (χ3v) is 11.7. The zero-order valence-electron chi connectivity index (χ0n) is 42.7. The SMILES string of the molecule is CC/C=C\C/C=C\C/C=C\C/C=C\CCCCC(=O)OC[C@H](COC(=O)CCCCCCCCCCCCCCC)OC(=O)CCCCCCCCCCC/C=C\C/C=C\CCCCC. The number of esters is 3. The molecule has 0 aliphatic carbocycles. The maximum Gasteiger partial charge on any atom is 0.306 e. The van der Waals surface area contributed by atoms with E-state index in [0.717, 1.165) is 89.9 Å². The van der Waals surface area contributed by atoms with Gasteiger partial charge in [0.2, 0.25) is 0 Å². The van der Waals surface area contributed by atoms with Gasteiger partial charge in [-0.05, 0) is 89.9 Å². The van der Waals surface area contributed by atoms with Crippen molar-refractivity contribution >= 4 is 17.9 Å². The summed E-state index contributed by atoms with van der Waals surface area (Å²) in [6, 6.07) is 0. The van der Waals surface area contributed by atoms with E-state index in [2.05, 4.69) is 93.7 Å². The summed E-state index contributed by atoms with van der Waals surface area (Å²) >= 11 is 0. The Labute approximate surface area is 402 Å². The first-order valence-corrected chi connectivity index (χ1v) is 27.4. The van der Waals surface area contributed by atoms with Crippen LogP contribution in [0.2, 0.25) is 0 Å². The van der Waals surface area contributed by atoms with Gasteiger partial charge in [0.25, 0.3) is 0 Å². The van der Waals surface area contributed by atoms with Crippen molar-refractivity contribution in [2.24, 2.45) is 0 Å². The van der Waals surface area contributed by atoms with Gasteiger partial charge in [0.05, 0.1) is 0 Å². The smallest absolute Gasteiger partial charge is 0.306 e. The van der Waals surface area contributed by atoms with Crippen molar-refractivity contribution in [3.05, 3.63) is 72.9 Å². The number of ether oxygens (including phenoxy) is 3. The fourth-order valence-corrected chi connectivity index (χ4v) is 7.58. The highest BCUT2D eigenvalue weighted by Gasteiger charge is 2.19. The Hall–Kier alpha value is -3.15. The molecule has 0 saturated heterocycles. The average molecular weight is 907 g/mol. The standard InChI is InChI=1S/C59H102O6/c1-4-7-10-13-16-19-22-25-27-28-29-30-32-35-38-41-44-47-50-53-59(62)65-56(54-63-57(60)51-48-45-42-39-36-33-24-21-18-15-12-9-6-3)55-64-58(61)52-49-46-43-40-37-34-31-26-23-20-17-14-11-8-5-2/h8,11,16-17,19-20,25-27,31,37,40,56H,4-7,9-10,12-15,18,21-24,28-30,32-36,38-39,41-55H2,1-3H3/b11-8-,19-16-,20-17-,27-25-,31-26-,40-37-/t56-/m0/s1. The molecule has 0 heterocycles. The molecule has 6 nitrogen and oxygen atoms in total. The summed E-state index contributed by atoms with van der Waals surface area (Å²) in [4.78, 5) is 38.1. The van der Waals surface area contributed by atoms with Gasteiger partial charge in [-0.15, -0.1) is 0 Å². The molecule has 0 aliphatic heterocycles. The van der Waals surface area contributed by atoms with E-state index in [9.17, 15) is 14.4 Å². The summed E-state index contributed by atoms with van der Waals surface area (Å²) in [5.41, 5.74) is 0. The van der Waals surface area contributed by atoms with Crippen molar-refractivity contribution in [2.75, 3.05) is 13.2 Å². The Kier molecular flexibility index (Phi) is 50.9. The molecular formula is C59H102O6. The molecule has 1 atom stereocenters. The minimum atomic E-state index is -0.793. The van der Waals surface area contributed by atoms with E-state index < -0.39 is 6.10 Å². The van der Waals surface area contributed by atoms with Gasteiger partial charge in [0.15, 0.2) is 6.10 Å². The van der Waals surface area contributed by atoms with Gasteiger partial charge in [0, 0.05) is 19.3 Å². The molecule has 0 aromatic heterocycles. The molecule has 6 heteroatoms. The van der Waals surface area contributed by atoms with Crippen molar-refractivity contribution in [1.29, 1.82) is 0 Å². The largest absolute Gasteiger partial charge is 0.462 e. The van der Waals surface area contributed by atoms with E-state index in [1.165, 1.54) is 135 Å². The number of carbonyl (C=O) groups excluding carboxylic acids is 3. The maximum atomic E-state index is 12.8. The quantitative estimate of drug-likeness (QED) is 0.0262. The summed E-state index contributed by atoms with van der Waals surface area (Å²) in [5, 5.41) is 0. The van der Waals surface area contributed by atoms with Crippen LogP contribution in [0.3, 0.4) is 0 Å². The number of hydrogen-bond acceptors (Lipinski definition) is 6. The Balaban J connectivity index is 4.42. The molecule has 0 aliphatic rings. The highest BCUT2D eigenvalue weighted by Crippen LogP contribution is 2.15. The van der Waals surface area contributed by atoms with Crippen molar-refractivity contribution < 1.29 is 28.6 Å². The van der Waals surface area contributed by atoms with Crippen LogP contribution in [0.5, 0.6) is 0 Å². The lowest BCUT2D eigenvalue weighted by Crippen LogP contribution is -2.30. The lowest BCUT2D eigenvalue weighted by molar-refractivity contribution is -0.167. The summed E-state index contributed by atoms with van der Waals surface area (Å²) in [6.45, 7) is 6.47. The molecular weight excluding hydrogens is 805 g/mol. The molecule has 0 spiro atoms.